The van der Waals surface area contributed by atoms with Gasteiger partial charge in [-0.15, -0.1) is 0 Å². The van der Waals surface area contributed by atoms with Crippen LogP contribution in [0.1, 0.15) is 51.4 Å². The highest BCUT2D eigenvalue weighted by Crippen LogP contribution is 2.06. The number of carbonyl (C=O) groups is 6. The first-order valence-corrected chi connectivity index (χ1v) is 12.6. The average molecular weight is 589 g/mol. The summed E-state index contributed by atoms with van der Waals surface area (Å²) in [5.41, 5.74) is 27.0. The van der Waals surface area contributed by atoms with Crippen LogP contribution < -0.4 is 44.6 Å². The molecular weight excluding hydrogens is 548 g/mol. The first kappa shape index (κ1) is 36.3. The number of aliphatic carboxylic acids is 3. The van der Waals surface area contributed by atoms with Crippen LogP contribution in [0.5, 0.6) is 0 Å². The molecule has 0 aliphatic carbocycles. The zero-order valence-corrected chi connectivity index (χ0v) is 22.5. The Morgan fingerprint density at radius 3 is 1.41 bits per heavy atom. The highest BCUT2D eigenvalue weighted by atomic mass is 16.4. The Bertz CT molecular complexity index is 981. The van der Waals surface area contributed by atoms with E-state index in [0.717, 1.165) is 0 Å². The molecule has 41 heavy (non-hydrogen) atoms. The van der Waals surface area contributed by atoms with Crippen molar-refractivity contribution in [2.75, 3.05) is 13.1 Å². The van der Waals surface area contributed by atoms with Crippen LogP contribution in [-0.2, 0) is 28.8 Å². The number of nitrogens with zero attached hydrogens (tertiary/aromatic N) is 2. The van der Waals surface area contributed by atoms with E-state index in [1.165, 1.54) is 0 Å². The average Bonchev–Trinajstić information content (AvgIpc) is 2.87. The number of nitrogens with two attached hydrogens (primary N) is 5. The van der Waals surface area contributed by atoms with Gasteiger partial charge in [0.25, 0.3) is 0 Å². The van der Waals surface area contributed by atoms with Gasteiger partial charge in [-0.3, -0.25) is 34.0 Å². The lowest BCUT2D eigenvalue weighted by molar-refractivity contribution is -0.144. The fraction of sp³-hybridized carbons (Fsp3) is 0.636. The molecule has 0 bridgehead atoms. The number of hydrogen-bond donors (Lipinski definition) is 11. The molecular formula is C22H40N10O9. The summed E-state index contributed by atoms with van der Waals surface area (Å²) in [5, 5.41) is 34.1. The molecule has 0 radical (unpaired) electrons. The minimum absolute atomic E-state index is 0.0152. The molecule has 3 amide bonds. The molecule has 4 atom stereocenters. The summed E-state index contributed by atoms with van der Waals surface area (Å²) < 4.78 is 0. The fourth-order valence-electron chi connectivity index (χ4n) is 3.31. The lowest BCUT2D eigenvalue weighted by atomic mass is 10.1. The maximum atomic E-state index is 13.1. The van der Waals surface area contributed by atoms with Crippen molar-refractivity contribution >= 4 is 47.5 Å². The third kappa shape index (κ3) is 17.5. The minimum atomic E-state index is -1.62. The number of carboxylic acid groups (broad SMARTS) is 3. The Morgan fingerprint density at radius 1 is 0.585 bits per heavy atom. The number of guanidine groups is 2. The smallest absolute Gasteiger partial charge is 0.326 e. The predicted octanol–water partition coefficient (Wildman–Crippen LogP) is -4.31. The maximum Gasteiger partial charge on any atom is 0.326 e. The van der Waals surface area contributed by atoms with Crippen molar-refractivity contribution in [2.45, 2.75) is 75.5 Å². The molecule has 232 valence electrons. The number of amides is 3. The summed E-state index contributed by atoms with van der Waals surface area (Å²) in [5.74, 6) is -7.10. The molecule has 0 heterocycles. The van der Waals surface area contributed by atoms with Crippen LogP contribution in [0.25, 0.3) is 0 Å². The van der Waals surface area contributed by atoms with Crippen LogP contribution in [0.3, 0.4) is 0 Å². The Labute approximate surface area is 235 Å². The molecule has 16 N–H and O–H groups in total. The second-order valence-electron chi connectivity index (χ2n) is 8.89. The van der Waals surface area contributed by atoms with E-state index < -0.39 is 85.5 Å². The number of carbonyl (C=O) groups excluding carboxylic acids is 3. The quantitative estimate of drug-likeness (QED) is 0.0343. The number of hydrogen-bond acceptors (Lipinski definition) is 9. The van der Waals surface area contributed by atoms with Crippen LogP contribution in [-0.4, -0.2) is 100 Å². The molecule has 0 aliphatic rings. The van der Waals surface area contributed by atoms with Crippen LogP contribution in [0.2, 0.25) is 0 Å². The van der Waals surface area contributed by atoms with Gasteiger partial charge in [-0.05, 0) is 38.5 Å². The molecule has 0 saturated heterocycles. The summed E-state index contributed by atoms with van der Waals surface area (Å²) >= 11 is 0. The SMILES string of the molecule is NC(N)=NCCCC(N)C(=O)NC(CCCN=C(N)N)C(=O)NC(CCC(=O)O)C(=O)NC(CCC(=O)O)C(=O)O. The van der Waals surface area contributed by atoms with E-state index in [1.54, 1.807) is 0 Å². The van der Waals surface area contributed by atoms with Gasteiger partial charge in [0.1, 0.15) is 18.1 Å². The normalized spacial score (nSPS) is 13.4. The lowest BCUT2D eigenvalue weighted by Gasteiger charge is -2.25. The summed E-state index contributed by atoms with van der Waals surface area (Å²) in [6, 6.07) is -5.46. The molecule has 0 aromatic heterocycles. The van der Waals surface area contributed by atoms with Crippen molar-refractivity contribution in [1.29, 1.82) is 0 Å². The first-order chi connectivity index (χ1) is 19.1. The standard InChI is InChI=1S/C22H40N10O9/c23-11(3-1-9-28-21(24)25)17(37)30-12(4-2-10-29-22(26)27)18(38)31-13(5-7-15(33)34)19(39)32-14(20(40)41)6-8-16(35)36/h11-14H,1-10,23H2,(H,30,37)(H,31,38)(H,32,39)(H,33,34)(H,35,36)(H,40,41)(H4,24,25,28)(H4,26,27,29). The number of nitrogens with one attached hydrogen (secondary N) is 3. The highest BCUT2D eigenvalue weighted by molar-refractivity contribution is 5.94. The molecule has 19 heteroatoms. The second kappa shape index (κ2) is 19.4. The molecule has 0 aliphatic heterocycles. The van der Waals surface area contributed by atoms with Crippen LogP contribution in [0.4, 0.5) is 0 Å². The predicted molar refractivity (Wildman–Crippen MR) is 145 cm³/mol. The molecule has 0 aromatic rings. The Kier molecular flexibility index (Phi) is 17.2. The van der Waals surface area contributed by atoms with Gasteiger partial charge < -0.3 is 59.9 Å². The Morgan fingerprint density at radius 2 is 0.976 bits per heavy atom. The molecule has 0 aromatic carbocycles. The maximum absolute atomic E-state index is 13.1. The molecule has 4 unspecified atom stereocenters. The topological polar surface area (TPSA) is 354 Å². The molecule has 0 fully saturated rings. The summed E-state index contributed by atoms with van der Waals surface area (Å²) in [6.45, 7) is 0.315. The van der Waals surface area contributed by atoms with Gasteiger partial charge >= 0.3 is 17.9 Å². The molecule has 0 saturated carbocycles. The fourth-order valence-corrected chi connectivity index (χ4v) is 3.31. The van der Waals surface area contributed by atoms with Crippen LogP contribution >= 0.6 is 0 Å². The Hall–Kier alpha value is -4.68. The third-order valence-electron chi connectivity index (χ3n) is 5.42. The largest absolute Gasteiger partial charge is 0.481 e. The van der Waals surface area contributed by atoms with Gasteiger partial charge in [0.15, 0.2) is 11.9 Å². The van der Waals surface area contributed by atoms with E-state index in [4.69, 9.17) is 38.9 Å². The number of aliphatic imine (C=N–C) groups is 2. The van der Waals surface area contributed by atoms with Crippen molar-refractivity contribution in [3.05, 3.63) is 0 Å². The monoisotopic (exact) mass is 588 g/mol. The Balaban J connectivity index is 5.68. The second-order valence-corrected chi connectivity index (χ2v) is 8.89. The summed E-state index contributed by atoms with van der Waals surface area (Å²) in [4.78, 5) is 79.6. The minimum Gasteiger partial charge on any atom is -0.481 e. The molecule has 19 nitrogen and oxygen atoms in total. The van der Waals surface area contributed by atoms with Gasteiger partial charge in [-0.25, -0.2) is 4.79 Å². The summed E-state index contributed by atoms with van der Waals surface area (Å²) in [6.07, 6.45) is -1.32. The van der Waals surface area contributed by atoms with Gasteiger partial charge in [0, 0.05) is 25.9 Å². The van der Waals surface area contributed by atoms with Crippen molar-refractivity contribution < 1.29 is 44.1 Å². The first-order valence-electron chi connectivity index (χ1n) is 12.6. The zero-order valence-electron chi connectivity index (χ0n) is 22.5. The van der Waals surface area contributed by atoms with E-state index in [-0.39, 0.29) is 44.3 Å². The summed E-state index contributed by atoms with van der Waals surface area (Å²) in [7, 11) is 0. The zero-order chi connectivity index (χ0) is 31.5. The van der Waals surface area contributed by atoms with Gasteiger partial charge in [-0.1, -0.05) is 0 Å². The van der Waals surface area contributed by atoms with Crippen molar-refractivity contribution in [1.82, 2.24) is 16.0 Å². The van der Waals surface area contributed by atoms with E-state index in [1.807, 2.05) is 0 Å². The number of carboxylic acids is 3. The van der Waals surface area contributed by atoms with Crippen LogP contribution in [0.15, 0.2) is 9.98 Å². The lowest BCUT2D eigenvalue weighted by Crippen LogP contribution is -2.57. The highest BCUT2D eigenvalue weighted by Gasteiger charge is 2.30. The van der Waals surface area contributed by atoms with Crippen molar-refractivity contribution in [3.63, 3.8) is 0 Å². The van der Waals surface area contributed by atoms with Gasteiger partial charge in [-0.2, -0.15) is 0 Å². The van der Waals surface area contributed by atoms with Gasteiger partial charge in [0.05, 0.1) is 6.04 Å². The van der Waals surface area contributed by atoms with Crippen LogP contribution in [0, 0.1) is 0 Å². The van der Waals surface area contributed by atoms with Crippen molar-refractivity contribution in [2.24, 2.45) is 38.7 Å². The third-order valence-corrected chi connectivity index (χ3v) is 5.42. The van der Waals surface area contributed by atoms with Crippen molar-refractivity contribution in [3.8, 4) is 0 Å². The van der Waals surface area contributed by atoms with E-state index >= 15 is 0 Å². The van der Waals surface area contributed by atoms with E-state index in [0.29, 0.717) is 6.42 Å². The number of rotatable bonds is 21. The van der Waals surface area contributed by atoms with Gasteiger partial charge in [0.2, 0.25) is 17.7 Å². The molecule has 0 spiro atoms. The van der Waals surface area contributed by atoms with E-state index in [9.17, 15) is 33.9 Å². The van der Waals surface area contributed by atoms with E-state index in [2.05, 4.69) is 25.9 Å². The molecule has 0 rings (SSSR count).